The zero-order valence-corrected chi connectivity index (χ0v) is 11.2. The summed E-state index contributed by atoms with van der Waals surface area (Å²) in [5.41, 5.74) is 1.78. The van der Waals surface area contributed by atoms with Gasteiger partial charge in [0.25, 0.3) is 0 Å². The van der Waals surface area contributed by atoms with Crippen LogP contribution in [-0.4, -0.2) is 34.1 Å². The topological polar surface area (TPSA) is 56.6 Å². The average Bonchev–Trinajstić information content (AvgIpc) is 2.42. The molecule has 0 bridgehead atoms. The molecule has 2 rings (SSSR count). The number of benzene rings is 1. The Morgan fingerprint density at radius 3 is 2.45 bits per heavy atom. The van der Waals surface area contributed by atoms with Gasteiger partial charge in [0.1, 0.15) is 5.82 Å². The number of pyridine rings is 1. The highest BCUT2D eigenvalue weighted by Crippen LogP contribution is 2.10. The van der Waals surface area contributed by atoms with Crippen LogP contribution in [-0.2, 0) is 13.1 Å². The van der Waals surface area contributed by atoms with Crippen LogP contribution in [0.3, 0.4) is 0 Å². The van der Waals surface area contributed by atoms with E-state index in [4.69, 9.17) is 10.0 Å². The summed E-state index contributed by atoms with van der Waals surface area (Å²) >= 11 is 0. The van der Waals surface area contributed by atoms with Gasteiger partial charge in [0.05, 0.1) is 0 Å². The van der Waals surface area contributed by atoms with Gasteiger partial charge in [-0.25, -0.2) is 4.39 Å². The van der Waals surface area contributed by atoms with Crippen LogP contribution in [0.5, 0.6) is 0 Å². The second kappa shape index (κ2) is 6.61. The number of rotatable bonds is 5. The Hall–Kier alpha value is -1.76. The first-order chi connectivity index (χ1) is 9.56. The molecule has 4 nitrogen and oxygen atoms in total. The lowest BCUT2D eigenvalue weighted by atomic mass is 9.80. The van der Waals surface area contributed by atoms with E-state index in [2.05, 4.69) is 4.98 Å². The van der Waals surface area contributed by atoms with Crippen molar-refractivity contribution in [3.8, 4) is 0 Å². The van der Waals surface area contributed by atoms with Gasteiger partial charge in [-0.3, -0.25) is 9.88 Å². The molecule has 0 radical (unpaired) electrons. The fourth-order valence-corrected chi connectivity index (χ4v) is 2.00. The molecule has 2 N–H and O–H groups in total. The van der Waals surface area contributed by atoms with E-state index in [-0.39, 0.29) is 5.46 Å². The van der Waals surface area contributed by atoms with E-state index < -0.39 is 12.9 Å². The molecule has 0 amide bonds. The van der Waals surface area contributed by atoms with Crippen molar-refractivity contribution in [1.29, 1.82) is 0 Å². The largest absolute Gasteiger partial charge is 0.488 e. The summed E-state index contributed by atoms with van der Waals surface area (Å²) in [5.74, 6) is -0.433. The van der Waals surface area contributed by atoms with Crippen molar-refractivity contribution in [3.63, 3.8) is 0 Å². The fraction of sp³-hybridized carbons (Fsp3) is 0.214. The van der Waals surface area contributed by atoms with Crippen LogP contribution in [0, 0.1) is 5.82 Å². The van der Waals surface area contributed by atoms with Crippen LogP contribution in [0.1, 0.15) is 11.1 Å². The van der Waals surface area contributed by atoms with Crippen molar-refractivity contribution >= 4 is 12.6 Å². The van der Waals surface area contributed by atoms with Gasteiger partial charge in [-0.1, -0.05) is 12.1 Å². The average molecular weight is 274 g/mol. The van der Waals surface area contributed by atoms with Crippen molar-refractivity contribution in [2.75, 3.05) is 7.05 Å². The second-order valence-electron chi connectivity index (χ2n) is 4.75. The quantitative estimate of drug-likeness (QED) is 0.781. The van der Waals surface area contributed by atoms with Crippen molar-refractivity contribution in [2.45, 2.75) is 13.1 Å². The van der Waals surface area contributed by atoms with Crippen LogP contribution in [0.25, 0.3) is 0 Å². The maximum atomic E-state index is 13.9. The monoisotopic (exact) mass is 274 g/mol. The highest BCUT2D eigenvalue weighted by Gasteiger charge is 2.14. The Labute approximate surface area is 117 Å². The molecular formula is C14H16BFN2O2. The molecule has 0 aliphatic rings. The zero-order valence-electron chi connectivity index (χ0n) is 11.2. The highest BCUT2D eigenvalue weighted by molar-refractivity contribution is 6.58. The Morgan fingerprint density at radius 1 is 1.15 bits per heavy atom. The molecule has 1 aromatic carbocycles. The Kier molecular flexibility index (Phi) is 4.84. The van der Waals surface area contributed by atoms with Gasteiger partial charge in [-0.05, 0) is 36.3 Å². The van der Waals surface area contributed by atoms with E-state index in [1.165, 1.54) is 6.07 Å². The molecule has 2 aromatic rings. The van der Waals surface area contributed by atoms with Gasteiger partial charge in [-0.15, -0.1) is 0 Å². The summed E-state index contributed by atoms with van der Waals surface area (Å²) in [6.07, 6.45) is 3.45. The maximum Gasteiger partial charge on any atom is 0.488 e. The summed E-state index contributed by atoms with van der Waals surface area (Å²) in [6, 6.07) is 8.08. The third kappa shape index (κ3) is 3.87. The molecule has 0 saturated heterocycles. The first-order valence-corrected chi connectivity index (χ1v) is 6.28. The standard InChI is InChI=1S/C14H16BFN2O2/c1-18(9-11-4-6-17-7-5-11)10-12-2-3-13(15(19)20)8-14(12)16/h2-8,19-20H,9-10H2,1H3. The third-order valence-electron chi connectivity index (χ3n) is 3.02. The second-order valence-corrected chi connectivity index (χ2v) is 4.75. The van der Waals surface area contributed by atoms with E-state index >= 15 is 0 Å². The number of hydrogen-bond acceptors (Lipinski definition) is 4. The Bertz CT molecular complexity index is 566. The van der Waals surface area contributed by atoms with Gasteiger partial charge in [-0.2, -0.15) is 0 Å². The van der Waals surface area contributed by atoms with E-state index in [9.17, 15) is 4.39 Å². The summed E-state index contributed by atoms with van der Waals surface area (Å²) < 4.78 is 13.9. The van der Waals surface area contributed by atoms with Crippen molar-refractivity contribution in [3.05, 3.63) is 59.7 Å². The normalized spacial score (nSPS) is 10.8. The first kappa shape index (κ1) is 14.6. The van der Waals surface area contributed by atoms with E-state index in [0.717, 1.165) is 11.6 Å². The van der Waals surface area contributed by atoms with Crippen LogP contribution < -0.4 is 5.46 Å². The maximum absolute atomic E-state index is 13.9. The van der Waals surface area contributed by atoms with E-state index in [1.54, 1.807) is 18.5 Å². The number of aromatic nitrogens is 1. The number of hydrogen-bond donors (Lipinski definition) is 2. The molecule has 0 aliphatic carbocycles. The Morgan fingerprint density at radius 2 is 1.85 bits per heavy atom. The lowest BCUT2D eigenvalue weighted by Gasteiger charge is -2.17. The van der Waals surface area contributed by atoms with Gasteiger partial charge in [0.15, 0.2) is 0 Å². The molecule has 0 spiro atoms. The smallest absolute Gasteiger partial charge is 0.423 e. The first-order valence-electron chi connectivity index (χ1n) is 6.28. The molecule has 0 saturated carbocycles. The molecule has 0 unspecified atom stereocenters. The van der Waals surface area contributed by atoms with E-state index in [1.807, 2.05) is 24.1 Å². The number of halogens is 1. The van der Waals surface area contributed by atoms with Crippen molar-refractivity contribution in [1.82, 2.24) is 9.88 Å². The van der Waals surface area contributed by atoms with Crippen LogP contribution in [0.4, 0.5) is 4.39 Å². The highest BCUT2D eigenvalue weighted by atomic mass is 19.1. The summed E-state index contributed by atoms with van der Waals surface area (Å²) in [7, 11) is 0.252. The molecule has 0 aliphatic heterocycles. The van der Waals surface area contributed by atoms with Gasteiger partial charge >= 0.3 is 7.12 Å². The predicted molar refractivity (Wildman–Crippen MR) is 75.6 cm³/mol. The van der Waals surface area contributed by atoms with Crippen LogP contribution in [0.15, 0.2) is 42.7 Å². The predicted octanol–water partition coefficient (Wildman–Crippen LogP) is 0.532. The minimum atomic E-state index is -1.65. The van der Waals surface area contributed by atoms with Crippen LogP contribution in [0.2, 0.25) is 0 Å². The van der Waals surface area contributed by atoms with E-state index in [0.29, 0.717) is 18.7 Å². The van der Waals surface area contributed by atoms with Crippen molar-refractivity contribution < 1.29 is 14.4 Å². The SMILES string of the molecule is CN(Cc1ccncc1)Cc1ccc(B(O)O)cc1F. The minimum absolute atomic E-state index is 0.156. The molecule has 0 atom stereocenters. The lowest BCUT2D eigenvalue weighted by molar-refractivity contribution is 0.313. The Balaban J connectivity index is 2.02. The summed E-state index contributed by atoms with van der Waals surface area (Å²) in [6.45, 7) is 1.13. The van der Waals surface area contributed by atoms with Gasteiger partial charge in [0, 0.05) is 31.0 Å². The fourth-order valence-electron chi connectivity index (χ4n) is 2.00. The minimum Gasteiger partial charge on any atom is -0.423 e. The molecule has 1 heterocycles. The van der Waals surface area contributed by atoms with Crippen molar-refractivity contribution in [2.24, 2.45) is 0 Å². The summed E-state index contributed by atoms with van der Waals surface area (Å²) in [4.78, 5) is 5.93. The zero-order chi connectivity index (χ0) is 14.5. The molecular weight excluding hydrogens is 258 g/mol. The van der Waals surface area contributed by atoms with Gasteiger partial charge < -0.3 is 10.0 Å². The molecule has 20 heavy (non-hydrogen) atoms. The van der Waals surface area contributed by atoms with Crippen LogP contribution >= 0.6 is 0 Å². The number of nitrogens with zero attached hydrogens (tertiary/aromatic N) is 2. The summed E-state index contributed by atoms with van der Waals surface area (Å²) in [5, 5.41) is 18.0. The lowest BCUT2D eigenvalue weighted by Crippen LogP contribution is -2.30. The van der Waals surface area contributed by atoms with Gasteiger partial charge in [0.2, 0.25) is 0 Å². The third-order valence-corrected chi connectivity index (χ3v) is 3.02. The molecule has 1 aromatic heterocycles. The molecule has 6 heteroatoms. The molecule has 104 valence electrons. The molecule has 0 fully saturated rings.